The van der Waals surface area contributed by atoms with Gasteiger partial charge in [-0.15, -0.1) is 0 Å². The molecule has 4 rings (SSSR count). The SMILES string of the molecule is CNc1nccc2c(Oc3ccc(NC(=O)Nc4ccc(Cl)c(C(F)(F)F)c4)cc3)ccnc12. The number of pyridine rings is 2. The fourth-order valence-corrected chi connectivity index (χ4v) is 3.40. The first-order valence-corrected chi connectivity index (χ1v) is 10.3. The van der Waals surface area contributed by atoms with E-state index in [2.05, 4.69) is 25.9 Å². The highest BCUT2D eigenvalue weighted by Gasteiger charge is 2.33. The number of halogens is 4. The van der Waals surface area contributed by atoms with E-state index >= 15 is 0 Å². The Morgan fingerprint density at radius 3 is 2.32 bits per heavy atom. The summed E-state index contributed by atoms with van der Waals surface area (Å²) in [4.78, 5) is 20.8. The lowest BCUT2D eigenvalue weighted by Gasteiger charge is -2.13. The highest BCUT2D eigenvalue weighted by molar-refractivity contribution is 6.31. The van der Waals surface area contributed by atoms with Crippen molar-refractivity contribution >= 4 is 45.7 Å². The third kappa shape index (κ3) is 5.12. The minimum atomic E-state index is -4.63. The lowest BCUT2D eigenvalue weighted by atomic mass is 10.2. The van der Waals surface area contributed by atoms with Gasteiger partial charge in [0.25, 0.3) is 0 Å². The predicted molar refractivity (Wildman–Crippen MR) is 125 cm³/mol. The number of carbonyl (C=O) groups is 1. The molecule has 0 aliphatic carbocycles. The van der Waals surface area contributed by atoms with E-state index in [1.54, 1.807) is 55.8 Å². The van der Waals surface area contributed by atoms with E-state index in [0.717, 1.165) is 17.5 Å². The molecule has 0 aliphatic rings. The topological polar surface area (TPSA) is 88.2 Å². The molecule has 34 heavy (non-hydrogen) atoms. The molecule has 3 N–H and O–H groups in total. The van der Waals surface area contributed by atoms with Crippen LogP contribution in [-0.4, -0.2) is 23.0 Å². The van der Waals surface area contributed by atoms with Gasteiger partial charge in [-0.2, -0.15) is 13.2 Å². The maximum absolute atomic E-state index is 13.0. The van der Waals surface area contributed by atoms with Crippen LogP contribution in [-0.2, 0) is 6.18 Å². The van der Waals surface area contributed by atoms with Gasteiger partial charge in [0, 0.05) is 36.2 Å². The Bertz CT molecular complexity index is 1350. The number of nitrogens with zero attached hydrogens (tertiary/aromatic N) is 2. The summed E-state index contributed by atoms with van der Waals surface area (Å²) >= 11 is 5.60. The van der Waals surface area contributed by atoms with Gasteiger partial charge in [0.2, 0.25) is 0 Å². The number of hydrogen-bond acceptors (Lipinski definition) is 5. The minimum Gasteiger partial charge on any atom is -0.457 e. The van der Waals surface area contributed by atoms with Gasteiger partial charge in [-0.1, -0.05) is 11.6 Å². The molecule has 4 aromatic rings. The van der Waals surface area contributed by atoms with Crippen molar-refractivity contribution in [2.24, 2.45) is 0 Å². The van der Waals surface area contributed by atoms with E-state index in [4.69, 9.17) is 16.3 Å². The predicted octanol–water partition coefficient (Wildman–Crippen LogP) is 6.78. The smallest absolute Gasteiger partial charge is 0.417 e. The van der Waals surface area contributed by atoms with Gasteiger partial charge in [0.15, 0.2) is 5.82 Å². The third-order valence-corrected chi connectivity index (χ3v) is 5.06. The quantitative estimate of drug-likeness (QED) is 0.289. The Balaban J connectivity index is 1.44. The van der Waals surface area contributed by atoms with Crippen molar-refractivity contribution in [2.45, 2.75) is 6.18 Å². The second-order valence-electron chi connectivity index (χ2n) is 7.01. The number of nitrogens with one attached hydrogen (secondary N) is 3. The molecule has 0 spiro atoms. The zero-order valence-corrected chi connectivity index (χ0v) is 18.3. The molecule has 0 fully saturated rings. The monoisotopic (exact) mass is 487 g/mol. The number of carbonyl (C=O) groups excluding carboxylic acids is 1. The number of aromatic nitrogens is 2. The molecule has 2 amide bonds. The Labute approximate surface area is 196 Å². The van der Waals surface area contributed by atoms with Crippen LogP contribution in [0.1, 0.15) is 5.56 Å². The second-order valence-corrected chi connectivity index (χ2v) is 7.42. The van der Waals surface area contributed by atoms with E-state index in [1.807, 2.05) is 0 Å². The zero-order chi connectivity index (χ0) is 24.3. The lowest BCUT2D eigenvalue weighted by Crippen LogP contribution is -2.19. The van der Waals surface area contributed by atoms with Crippen molar-refractivity contribution in [3.8, 4) is 11.5 Å². The summed E-state index contributed by atoms with van der Waals surface area (Å²) < 4.78 is 45.0. The van der Waals surface area contributed by atoms with Crippen molar-refractivity contribution in [1.82, 2.24) is 9.97 Å². The molecule has 0 radical (unpaired) electrons. The summed E-state index contributed by atoms with van der Waals surface area (Å²) in [5, 5.41) is 8.21. The van der Waals surface area contributed by atoms with E-state index in [-0.39, 0.29) is 5.69 Å². The molecule has 2 aromatic carbocycles. The normalized spacial score (nSPS) is 11.2. The van der Waals surface area contributed by atoms with Crippen LogP contribution in [0.5, 0.6) is 11.5 Å². The Morgan fingerprint density at radius 1 is 0.941 bits per heavy atom. The van der Waals surface area contributed by atoms with Crippen molar-refractivity contribution in [3.05, 3.63) is 77.6 Å². The van der Waals surface area contributed by atoms with Gasteiger partial charge in [-0.05, 0) is 54.6 Å². The molecule has 0 bridgehead atoms. The highest BCUT2D eigenvalue weighted by atomic mass is 35.5. The summed E-state index contributed by atoms with van der Waals surface area (Å²) in [5.41, 5.74) is -0.00616. The van der Waals surface area contributed by atoms with Crippen LogP contribution >= 0.6 is 11.6 Å². The van der Waals surface area contributed by atoms with Gasteiger partial charge in [-0.25, -0.2) is 9.78 Å². The number of benzene rings is 2. The summed E-state index contributed by atoms with van der Waals surface area (Å²) in [7, 11) is 1.75. The maximum Gasteiger partial charge on any atom is 0.417 e. The number of ether oxygens (including phenoxy) is 1. The van der Waals surface area contributed by atoms with Crippen molar-refractivity contribution in [2.75, 3.05) is 23.0 Å². The molecule has 7 nitrogen and oxygen atoms in total. The molecule has 174 valence electrons. The number of hydrogen-bond donors (Lipinski definition) is 3. The van der Waals surface area contributed by atoms with Crippen LogP contribution < -0.4 is 20.7 Å². The fourth-order valence-electron chi connectivity index (χ4n) is 3.17. The molecular formula is C23H17ClF3N5O2. The molecule has 11 heteroatoms. The molecule has 0 unspecified atom stereocenters. The van der Waals surface area contributed by atoms with Gasteiger partial charge >= 0.3 is 12.2 Å². The van der Waals surface area contributed by atoms with Gasteiger partial charge in [-0.3, -0.25) is 4.98 Å². The minimum absolute atomic E-state index is 0.0471. The Hall–Kier alpha value is -4.05. The highest BCUT2D eigenvalue weighted by Crippen LogP contribution is 2.36. The molecule has 2 aromatic heterocycles. The number of amides is 2. The summed E-state index contributed by atoms with van der Waals surface area (Å²) in [5.74, 6) is 1.70. The Morgan fingerprint density at radius 2 is 1.62 bits per heavy atom. The van der Waals surface area contributed by atoms with Crippen LogP contribution in [0.4, 0.5) is 35.2 Å². The van der Waals surface area contributed by atoms with Crippen LogP contribution in [0.3, 0.4) is 0 Å². The van der Waals surface area contributed by atoms with Crippen molar-refractivity contribution < 1.29 is 22.7 Å². The molecule has 2 heterocycles. The van der Waals surface area contributed by atoms with Crippen LogP contribution in [0.2, 0.25) is 5.02 Å². The molecule has 0 saturated heterocycles. The van der Waals surface area contributed by atoms with E-state index in [0.29, 0.717) is 28.5 Å². The van der Waals surface area contributed by atoms with E-state index < -0.39 is 22.8 Å². The molecule has 0 atom stereocenters. The van der Waals surface area contributed by atoms with Crippen molar-refractivity contribution in [3.63, 3.8) is 0 Å². The van der Waals surface area contributed by atoms with Crippen LogP contribution in [0.15, 0.2) is 67.0 Å². The average Bonchev–Trinajstić information content (AvgIpc) is 2.80. The van der Waals surface area contributed by atoms with Crippen molar-refractivity contribution in [1.29, 1.82) is 0 Å². The lowest BCUT2D eigenvalue weighted by molar-refractivity contribution is -0.137. The summed E-state index contributed by atoms with van der Waals surface area (Å²) in [6.07, 6.45) is -1.37. The zero-order valence-electron chi connectivity index (χ0n) is 17.6. The fraction of sp³-hybridized carbons (Fsp3) is 0.0870. The van der Waals surface area contributed by atoms with Gasteiger partial charge in [0.05, 0.1) is 10.6 Å². The molecule has 0 aliphatic heterocycles. The van der Waals surface area contributed by atoms with Gasteiger partial charge < -0.3 is 20.7 Å². The third-order valence-electron chi connectivity index (χ3n) is 4.73. The average molecular weight is 488 g/mol. The number of rotatable bonds is 5. The number of anilines is 3. The largest absolute Gasteiger partial charge is 0.457 e. The second kappa shape index (κ2) is 9.44. The Kier molecular flexibility index (Phi) is 6.42. The van der Waals surface area contributed by atoms with Crippen LogP contribution in [0, 0.1) is 0 Å². The maximum atomic E-state index is 13.0. The number of urea groups is 1. The first kappa shape index (κ1) is 23.1. The standard InChI is InChI=1S/C23H17ClF3N5O2/c1-28-21-20-16(8-10-30-21)19(9-11-29-20)34-15-5-2-13(3-6-15)31-22(33)32-14-4-7-18(24)17(12-14)23(25,26)27/h2-12H,1H3,(H,28,30)(H2,31,32,33). The summed E-state index contributed by atoms with van der Waals surface area (Å²) in [6.45, 7) is 0. The van der Waals surface area contributed by atoms with E-state index in [9.17, 15) is 18.0 Å². The number of alkyl halides is 3. The van der Waals surface area contributed by atoms with Crippen LogP contribution in [0.25, 0.3) is 10.9 Å². The van der Waals surface area contributed by atoms with Gasteiger partial charge in [0.1, 0.15) is 17.0 Å². The first-order valence-electron chi connectivity index (χ1n) is 9.89. The first-order chi connectivity index (χ1) is 16.2. The summed E-state index contributed by atoms with van der Waals surface area (Å²) in [6, 6.07) is 12.4. The number of fused-ring (bicyclic) bond motifs is 1. The molecular weight excluding hydrogens is 471 g/mol. The molecule has 0 saturated carbocycles. The van der Waals surface area contributed by atoms with E-state index in [1.165, 1.54) is 6.07 Å².